The molecule has 0 rings (SSSR count). The van der Waals surface area contributed by atoms with Gasteiger partial charge in [0.2, 0.25) is 0 Å². The van der Waals surface area contributed by atoms with Crippen molar-refractivity contribution in [3.05, 3.63) is 0 Å². The van der Waals surface area contributed by atoms with E-state index in [-0.39, 0.29) is 58.0 Å². The molecule has 0 bridgehead atoms. The first kappa shape index (κ1) is 33.3. The summed E-state index contributed by atoms with van der Waals surface area (Å²) in [6, 6.07) is 0. The number of unbranched alkanes of at least 4 members (excludes halogenated alkanes) is 13. The Balaban J connectivity index is -0.000000844. The van der Waals surface area contributed by atoms with Crippen molar-refractivity contribution in [1.29, 1.82) is 0 Å². The van der Waals surface area contributed by atoms with Gasteiger partial charge in [-0.3, -0.25) is 4.52 Å². The fraction of sp³-hybridized carbons (Fsp3) is 1.00. The number of ether oxygens (including phenoxy) is 1. The van der Waals surface area contributed by atoms with Crippen LogP contribution < -0.4 is 0 Å². The first-order valence-electron chi connectivity index (χ1n) is 10.8. The van der Waals surface area contributed by atoms with E-state index in [9.17, 15) is 4.57 Å². The van der Waals surface area contributed by atoms with E-state index in [1.54, 1.807) is 0 Å². The van der Waals surface area contributed by atoms with Crippen LogP contribution in [0.2, 0.25) is 0 Å². The van der Waals surface area contributed by atoms with E-state index < -0.39 is 7.82 Å². The van der Waals surface area contributed by atoms with Crippen molar-refractivity contribution < 1.29 is 23.6 Å². The molecule has 0 aromatic rings. The molecule has 0 radical (unpaired) electrons. The Hall–Kier alpha value is 1.71. The van der Waals surface area contributed by atoms with Gasteiger partial charge in [-0.1, -0.05) is 90.4 Å². The van der Waals surface area contributed by atoms with Crippen LogP contribution in [-0.2, 0) is 13.8 Å². The minimum absolute atomic E-state index is 0. The molecule has 0 aliphatic carbocycles. The molecule has 0 fully saturated rings. The Morgan fingerprint density at radius 1 is 0.630 bits per heavy atom. The Kier molecular flexibility index (Phi) is 34.2. The monoisotopic (exact) mass is 436 g/mol. The van der Waals surface area contributed by atoms with Gasteiger partial charge < -0.3 is 14.5 Å². The van der Waals surface area contributed by atoms with Gasteiger partial charge in [0.15, 0.2) is 0 Å². The standard InChI is InChI=1S/C16H35O4P.C4H10O.K.H/c1-2-3-4-5-6-7-8-9-10-11-12-13-14-15-16-20-21(17,18)19;1-3-5-4-2;;/h2-16H2,1H3,(H2,17,18,19);3-4H2,1-2H3;;. The molecule has 0 aliphatic heterocycles. The molecule has 0 unspecified atom stereocenters. The summed E-state index contributed by atoms with van der Waals surface area (Å²) < 4.78 is 19.7. The predicted octanol–water partition coefficient (Wildman–Crippen LogP) is 5.97. The van der Waals surface area contributed by atoms with Crippen molar-refractivity contribution in [1.82, 2.24) is 0 Å². The molecular formula is C20H46KO5P. The van der Waals surface area contributed by atoms with Gasteiger partial charge in [-0.25, -0.2) is 4.57 Å². The van der Waals surface area contributed by atoms with E-state index in [2.05, 4.69) is 11.4 Å². The number of hydrogen-bond donors (Lipinski definition) is 2. The summed E-state index contributed by atoms with van der Waals surface area (Å²) in [5.74, 6) is 0. The van der Waals surface area contributed by atoms with Gasteiger partial charge >= 0.3 is 59.2 Å². The molecule has 2 N–H and O–H groups in total. The van der Waals surface area contributed by atoms with Crippen molar-refractivity contribution >= 4 is 59.2 Å². The summed E-state index contributed by atoms with van der Waals surface area (Å²) in [6.07, 6.45) is 17.8. The molecule has 27 heavy (non-hydrogen) atoms. The number of rotatable bonds is 18. The molecule has 5 nitrogen and oxygen atoms in total. The average molecular weight is 437 g/mol. The molecule has 0 aliphatic rings. The van der Waals surface area contributed by atoms with Gasteiger partial charge in [0.1, 0.15) is 0 Å². The Morgan fingerprint density at radius 3 is 1.22 bits per heavy atom. The topological polar surface area (TPSA) is 76.0 Å². The third-order valence-electron chi connectivity index (χ3n) is 4.17. The molecule has 0 aromatic carbocycles. The molecule has 0 amide bonds. The normalized spacial score (nSPS) is 10.9. The van der Waals surface area contributed by atoms with Crippen LogP contribution in [0.1, 0.15) is 111 Å². The quantitative estimate of drug-likeness (QED) is 0.157. The van der Waals surface area contributed by atoms with Crippen LogP contribution in [0.5, 0.6) is 0 Å². The average Bonchev–Trinajstić information content (AvgIpc) is 2.58. The van der Waals surface area contributed by atoms with Crippen LogP contribution in [-0.4, -0.2) is 81.0 Å². The van der Waals surface area contributed by atoms with E-state index in [1.165, 1.54) is 70.6 Å². The molecule has 0 saturated carbocycles. The molecule has 0 saturated heterocycles. The van der Waals surface area contributed by atoms with E-state index in [1.807, 2.05) is 13.8 Å². The number of phosphoric acid groups is 1. The maximum absolute atomic E-state index is 10.4. The SMILES string of the molecule is CCCCCCCCCCCCCCCCOP(=O)(O)O.CCOCC.[KH]. The van der Waals surface area contributed by atoms with E-state index in [0.29, 0.717) is 0 Å². The summed E-state index contributed by atoms with van der Waals surface area (Å²) in [6.45, 7) is 8.09. The summed E-state index contributed by atoms with van der Waals surface area (Å²) in [5, 5.41) is 0. The third kappa shape index (κ3) is 38.9. The summed E-state index contributed by atoms with van der Waals surface area (Å²) in [4.78, 5) is 17.0. The number of hydrogen-bond acceptors (Lipinski definition) is 3. The van der Waals surface area contributed by atoms with Crippen LogP contribution in [0.15, 0.2) is 0 Å². The van der Waals surface area contributed by atoms with Crippen LogP contribution in [0.4, 0.5) is 0 Å². The van der Waals surface area contributed by atoms with Crippen molar-refractivity contribution in [3.63, 3.8) is 0 Å². The second-order valence-electron chi connectivity index (χ2n) is 6.70. The molecule has 7 heteroatoms. The predicted molar refractivity (Wildman–Crippen MR) is 118 cm³/mol. The second-order valence-corrected chi connectivity index (χ2v) is 7.94. The molecular weight excluding hydrogens is 390 g/mol. The second kappa shape index (κ2) is 27.7. The van der Waals surface area contributed by atoms with Crippen LogP contribution >= 0.6 is 7.82 Å². The van der Waals surface area contributed by atoms with Gasteiger partial charge in [0.05, 0.1) is 6.61 Å². The zero-order valence-electron chi connectivity index (χ0n) is 17.6. The molecule has 0 spiro atoms. The van der Waals surface area contributed by atoms with Crippen molar-refractivity contribution in [3.8, 4) is 0 Å². The minimum atomic E-state index is -4.25. The summed E-state index contributed by atoms with van der Waals surface area (Å²) in [7, 11) is -4.25. The van der Waals surface area contributed by atoms with Crippen molar-refractivity contribution in [2.24, 2.45) is 0 Å². The van der Waals surface area contributed by atoms with E-state index in [0.717, 1.165) is 32.5 Å². The summed E-state index contributed by atoms with van der Waals surface area (Å²) >= 11 is 0. The van der Waals surface area contributed by atoms with E-state index >= 15 is 0 Å². The fourth-order valence-corrected chi connectivity index (χ4v) is 3.05. The van der Waals surface area contributed by atoms with Crippen molar-refractivity contribution in [2.75, 3.05) is 19.8 Å². The van der Waals surface area contributed by atoms with Gasteiger partial charge in [-0.05, 0) is 20.3 Å². The van der Waals surface area contributed by atoms with Crippen molar-refractivity contribution in [2.45, 2.75) is 111 Å². The number of phosphoric ester groups is 1. The molecule has 0 aromatic heterocycles. The zero-order valence-corrected chi connectivity index (χ0v) is 18.5. The van der Waals surface area contributed by atoms with Crippen LogP contribution in [0.25, 0.3) is 0 Å². The fourth-order valence-electron chi connectivity index (χ4n) is 2.68. The maximum atomic E-state index is 10.4. The zero-order chi connectivity index (χ0) is 19.9. The first-order valence-corrected chi connectivity index (χ1v) is 12.3. The van der Waals surface area contributed by atoms with Gasteiger partial charge in [0.25, 0.3) is 0 Å². The molecule has 0 atom stereocenters. The Morgan fingerprint density at radius 2 is 0.963 bits per heavy atom. The van der Waals surface area contributed by atoms with Gasteiger partial charge in [0, 0.05) is 13.2 Å². The third-order valence-corrected chi connectivity index (χ3v) is 4.68. The van der Waals surface area contributed by atoms with Gasteiger partial charge in [-0.15, -0.1) is 0 Å². The van der Waals surface area contributed by atoms with Crippen LogP contribution in [0.3, 0.4) is 0 Å². The Bertz CT molecular complexity index is 298. The first-order chi connectivity index (χ1) is 12.5. The molecule has 0 heterocycles. The van der Waals surface area contributed by atoms with E-state index in [4.69, 9.17) is 14.5 Å². The summed E-state index contributed by atoms with van der Waals surface area (Å²) in [5.41, 5.74) is 0. The van der Waals surface area contributed by atoms with Gasteiger partial charge in [-0.2, -0.15) is 0 Å². The van der Waals surface area contributed by atoms with Crippen LogP contribution in [0, 0.1) is 0 Å². The molecule has 162 valence electrons. The Labute approximate surface area is 211 Å².